The molecule has 11 heteroatoms. The summed E-state index contributed by atoms with van der Waals surface area (Å²) in [5.74, 6) is -0.296. The first-order chi connectivity index (χ1) is 17.3. The zero-order chi connectivity index (χ0) is 25.5. The molecule has 7 nitrogen and oxygen atoms in total. The molecule has 0 spiro atoms. The van der Waals surface area contributed by atoms with Crippen LogP contribution in [0.15, 0.2) is 72.0 Å². The normalized spacial score (nSPS) is 11.6. The average molecular weight is 520 g/mol. The molecule has 0 radical (unpaired) electrons. The van der Waals surface area contributed by atoms with E-state index < -0.39 is 12.8 Å². The van der Waals surface area contributed by atoms with Crippen LogP contribution in [0.4, 0.5) is 13.2 Å². The number of hydrogen-bond acceptors (Lipinski definition) is 7. The lowest BCUT2D eigenvalue weighted by Crippen LogP contribution is -2.19. The maximum absolute atomic E-state index is 12.5. The van der Waals surface area contributed by atoms with Crippen molar-refractivity contribution >= 4 is 29.0 Å². The highest BCUT2D eigenvalue weighted by atomic mass is 32.2. The number of aromatic nitrogens is 3. The van der Waals surface area contributed by atoms with Crippen LogP contribution < -0.4 is 4.74 Å². The minimum Gasteiger partial charge on any atom is -0.484 e. The van der Waals surface area contributed by atoms with Gasteiger partial charge in [-0.15, -0.1) is 0 Å². The van der Waals surface area contributed by atoms with E-state index in [-0.39, 0.29) is 32.9 Å². The van der Waals surface area contributed by atoms with Gasteiger partial charge in [0, 0.05) is 13.2 Å². The SMILES string of the molecule is Cc1c(OCC(F)(F)F)ccnc1COSc1nc2ccccc2n1COC(=O)Cc1ccccc1.[HH]. The molecule has 2 aromatic carbocycles. The Balaban J connectivity index is 0.00000380. The molecule has 2 heterocycles. The lowest BCUT2D eigenvalue weighted by atomic mass is 10.2. The highest BCUT2D eigenvalue weighted by Gasteiger charge is 2.29. The fourth-order valence-corrected chi connectivity index (χ4v) is 4.00. The van der Waals surface area contributed by atoms with Crippen molar-refractivity contribution in [3.63, 3.8) is 0 Å². The van der Waals surface area contributed by atoms with Crippen LogP contribution in [-0.2, 0) is 33.5 Å². The van der Waals surface area contributed by atoms with Crippen molar-refractivity contribution < 1.29 is 33.0 Å². The largest absolute Gasteiger partial charge is 0.484 e. The third-order valence-corrected chi connectivity index (χ3v) is 5.84. The van der Waals surface area contributed by atoms with Gasteiger partial charge in [-0.3, -0.25) is 14.3 Å². The van der Waals surface area contributed by atoms with Crippen molar-refractivity contribution in [2.45, 2.75) is 38.0 Å². The van der Waals surface area contributed by atoms with Crippen molar-refractivity contribution in [1.29, 1.82) is 0 Å². The molecule has 190 valence electrons. The molecule has 4 rings (SSSR count). The molecule has 0 aliphatic rings. The molecule has 0 saturated heterocycles. The third kappa shape index (κ3) is 6.76. The maximum atomic E-state index is 12.5. The minimum atomic E-state index is -4.44. The van der Waals surface area contributed by atoms with Gasteiger partial charge >= 0.3 is 12.1 Å². The van der Waals surface area contributed by atoms with E-state index in [1.54, 1.807) is 11.5 Å². The van der Waals surface area contributed by atoms with E-state index in [9.17, 15) is 18.0 Å². The van der Waals surface area contributed by atoms with E-state index in [4.69, 9.17) is 13.7 Å². The van der Waals surface area contributed by atoms with Crippen LogP contribution in [0, 0.1) is 6.92 Å². The number of ether oxygens (including phenoxy) is 2. The standard InChI is InChI=1S/C25H22F3N3O4S.H2/c1-17-20(29-12-11-22(17)33-15-25(26,27)28)14-35-36-24-30-19-9-5-6-10-21(19)31(24)16-34-23(32)13-18-7-3-2-4-8-18;/h2-12H,13-16H2,1H3;1H. The molecule has 0 unspecified atom stereocenters. The summed E-state index contributed by atoms with van der Waals surface area (Å²) in [5, 5.41) is 0.450. The van der Waals surface area contributed by atoms with E-state index in [0.29, 0.717) is 21.9 Å². The number of nitrogens with zero attached hydrogens (tertiary/aromatic N) is 3. The summed E-state index contributed by atoms with van der Waals surface area (Å²) in [6.45, 7) is 0.163. The average Bonchev–Trinajstić information content (AvgIpc) is 3.20. The van der Waals surface area contributed by atoms with Gasteiger partial charge < -0.3 is 13.7 Å². The summed E-state index contributed by atoms with van der Waals surface area (Å²) < 4.78 is 55.3. The molecular formula is C25H24F3N3O4S. The second-order valence-electron chi connectivity index (χ2n) is 7.75. The quantitative estimate of drug-likeness (QED) is 0.191. The van der Waals surface area contributed by atoms with Crippen LogP contribution in [0.5, 0.6) is 5.75 Å². The second-order valence-corrected chi connectivity index (χ2v) is 8.52. The Kier molecular flexibility index (Phi) is 8.11. The molecule has 2 aromatic heterocycles. The molecule has 0 aliphatic heterocycles. The first-order valence-electron chi connectivity index (χ1n) is 10.9. The molecule has 0 bridgehead atoms. The zero-order valence-corrected chi connectivity index (χ0v) is 20.0. The van der Waals surface area contributed by atoms with Gasteiger partial charge in [-0.05, 0) is 30.7 Å². The first kappa shape index (κ1) is 25.5. The number of carbonyl (C=O) groups is 1. The van der Waals surface area contributed by atoms with E-state index >= 15 is 0 Å². The van der Waals surface area contributed by atoms with Gasteiger partial charge in [0.2, 0.25) is 0 Å². The fourth-order valence-electron chi connectivity index (χ4n) is 3.35. The third-order valence-electron chi connectivity index (χ3n) is 5.14. The molecule has 0 amide bonds. The van der Waals surface area contributed by atoms with Crippen LogP contribution >= 0.6 is 12.0 Å². The number of hydrogen-bond donors (Lipinski definition) is 0. The van der Waals surface area contributed by atoms with Crippen LogP contribution in [0.1, 0.15) is 18.2 Å². The maximum Gasteiger partial charge on any atom is 0.422 e. The molecule has 0 aliphatic carbocycles. The Morgan fingerprint density at radius 3 is 2.61 bits per heavy atom. The van der Waals surface area contributed by atoms with Crippen molar-refractivity contribution in [3.8, 4) is 5.75 Å². The van der Waals surface area contributed by atoms with Crippen LogP contribution in [-0.4, -0.2) is 33.3 Å². The van der Waals surface area contributed by atoms with E-state index in [1.807, 2.05) is 54.6 Å². The predicted molar refractivity (Wildman–Crippen MR) is 129 cm³/mol. The number of fused-ring (bicyclic) bond motifs is 1. The molecule has 36 heavy (non-hydrogen) atoms. The van der Waals surface area contributed by atoms with Crippen LogP contribution in [0.25, 0.3) is 11.0 Å². The Morgan fingerprint density at radius 2 is 1.83 bits per heavy atom. The Hall–Kier alpha value is -3.57. The summed E-state index contributed by atoms with van der Waals surface area (Å²) in [6.07, 6.45) is -2.93. The number of benzene rings is 2. The number of rotatable bonds is 10. The Morgan fingerprint density at radius 1 is 1.08 bits per heavy atom. The summed E-state index contributed by atoms with van der Waals surface area (Å²) in [4.78, 5) is 21.1. The second kappa shape index (κ2) is 11.4. The number of esters is 1. The number of pyridine rings is 1. The molecule has 0 N–H and O–H groups in total. The monoisotopic (exact) mass is 519 g/mol. The summed E-state index contributed by atoms with van der Waals surface area (Å²) in [5.41, 5.74) is 3.18. The highest BCUT2D eigenvalue weighted by molar-refractivity contribution is 7.94. The van der Waals surface area contributed by atoms with Crippen LogP contribution in [0.3, 0.4) is 0 Å². The van der Waals surface area contributed by atoms with Gasteiger partial charge in [0.05, 0.1) is 35.2 Å². The predicted octanol–water partition coefficient (Wildman–Crippen LogP) is 5.89. The van der Waals surface area contributed by atoms with Crippen molar-refractivity contribution in [2.24, 2.45) is 0 Å². The number of para-hydroxylation sites is 2. The van der Waals surface area contributed by atoms with Gasteiger partial charge in [-0.25, -0.2) is 4.98 Å². The van der Waals surface area contributed by atoms with Gasteiger partial charge in [-0.1, -0.05) is 42.5 Å². The molecule has 0 saturated carbocycles. The van der Waals surface area contributed by atoms with E-state index in [1.165, 1.54) is 12.3 Å². The van der Waals surface area contributed by atoms with Crippen LogP contribution in [0.2, 0.25) is 0 Å². The Bertz CT molecular complexity index is 1340. The number of halogens is 3. The minimum absolute atomic E-state index is 0. The Labute approximate surface area is 210 Å². The summed E-state index contributed by atoms with van der Waals surface area (Å²) in [6, 6.07) is 18.0. The molecule has 0 atom stereocenters. The summed E-state index contributed by atoms with van der Waals surface area (Å²) in [7, 11) is 0. The van der Waals surface area contributed by atoms with E-state index in [2.05, 4.69) is 9.97 Å². The van der Waals surface area contributed by atoms with Gasteiger partial charge in [-0.2, -0.15) is 13.2 Å². The van der Waals surface area contributed by atoms with Crippen molar-refractivity contribution in [2.75, 3.05) is 6.61 Å². The molecule has 0 fully saturated rings. The van der Waals surface area contributed by atoms with Gasteiger partial charge in [0.1, 0.15) is 12.4 Å². The smallest absolute Gasteiger partial charge is 0.422 e. The van der Waals surface area contributed by atoms with E-state index in [0.717, 1.165) is 23.1 Å². The van der Waals surface area contributed by atoms with Gasteiger partial charge in [0.15, 0.2) is 18.5 Å². The molecule has 4 aromatic rings. The number of alkyl halides is 3. The van der Waals surface area contributed by atoms with Crippen molar-refractivity contribution in [3.05, 3.63) is 83.7 Å². The highest BCUT2D eigenvalue weighted by Crippen LogP contribution is 2.28. The topological polar surface area (TPSA) is 75.5 Å². The lowest BCUT2D eigenvalue weighted by molar-refractivity contribution is -0.153. The number of carbonyl (C=O) groups excluding carboxylic acids is 1. The fraction of sp³-hybridized carbons (Fsp3) is 0.240. The number of imidazole rings is 1. The zero-order valence-electron chi connectivity index (χ0n) is 19.2. The molecular weight excluding hydrogens is 495 g/mol. The first-order valence-corrected chi connectivity index (χ1v) is 11.6. The lowest BCUT2D eigenvalue weighted by Gasteiger charge is -2.13. The summed E-state index contributed by atoms with van der Waals surface area (Å²) >= 11 is 0.955. The van der Waals surface area contributed by atoms with Crippen molar-refractivity contribution in [1.82, 2.24) is 14.5 Å². The van der Waals surface area contributed by atoms with Gasteiger partial charge in [0.25, 0.3) is 0 Å².